The van der Waals surface area contributed by atoms with Gasteiger partial charge in [0.15, 0.2) is 12.4 Å². The first-order valence-electron chi connectivity index (χ1n) is 9.82. The van der Waals surface area contributed by atoms with Crippen molar-refractivity contribution in [2.45, 2.75) is 59.1 Å². The number of oxime groups is 1. The molecule has 4 N–H and O–H groups in total. The van der Waals surface area contributed by atoms with Gasteiger partial charge in [-0.1, -0.05) is 49.3 Å². The number of nitrogens with two attached hydrogens (primary N) is 1. The van der Waals surface area contributed by atoms with Crippen LogP contribution in [0.25, 0.3) is 0 Å². The fraction of sp³-hybridized carbons (Fsp3) is 0.571. The number of hydrogen-bond donors (Lipinski definition) is 3. The number of amidine groups is 1. The number of carbonyl (C=O) groups is 2. The molecule has 0 aliphatic carbocycles. The minimum atomic E-state index is -0.618. The number of alkyl carbamates (subject to hydrolysis) is 1. The van der Waals surface area contributed by atoms with Crippen LogP contribution in [0.4, 0.5) is 4.79 Å². The second-order valence-corrected chi connectivity index (χ2v) is 8.20. The molecule has 0 aliphatic heterocycles. The zero-order valence-corrected chi connectivity index (χ0v) is 18.0. The first-order chi connectivity index (χ1) is 13.6. The molecule has 0 bridgehead atoms. The van der Waals surface area contributed by atoms with Crippen molar-refractivity contribution in [3.05, 3.63) is 35.9 Å². The Morgan fingerprint density at radius 1 is 1.17 bits per heavy atom. The van der Waals surface area contributed by atoms with Crippen molar-refractivity contribution in [3.63, 3.8) is 0 Å². The molecular formula is C21H34N4O4. The quantitative estimate of drug-likeness (QED) is 0.314. The lowest BCUT2D eigenvalue weighted by Gasteiger charge is -2.24. The van der Waals surface area contributed by atoms with Crippen molar-refractivity contribution >= 4 is 17.8 Å². The molecule has 0 aliphatic rings. The molecule has 1 atom stereocenters. The Hall–Kier alpha value is -2.77. The number of benzene rings is 1. The number of nitrogens with zero attached hydrogens (tertiary/aromatic N) is 1. The van der Waals surface area contributed by atoms with Gasteiger partial charge in [-0.15, -0.1) is 0 Å². The van der Waals surface area contributed by atoms with E-state index in [1.54, 1.807) is 20.8 Å². The standard InChI is InChI=1S/C21H34N4O4/c1-15(2)13-17(24-20(27)29-21(3,4)5)19(22)25-28-14-18(26)23-12-11-16-9-7-6-8-10-16/h6-10,15,17H,11-14H2,1-5H3,(H2,22,25)(H,23,26)(H,24,27). The third-order valence-corrected chi connectivity index (χ3v) is 3.70. The lowest BCUT2D eigenvalue weighted by atomic mass is 10.0. The van der Waals surface area contributed by atoms with Gasteiger partial charge in [-0.25, -0.2) is 4.79 Å². The lowest BCUT2D eigenvalue weighted by molar-refractivity contribution is -0.125. The highest BCUT2D eigenvalue weighted by atomic mass is 16.6. The van der Waals surface area contributed by atoms with E-state index < -0.39 is 17.7 Å². The number of ether oxygens (including phenoxy) is 1. The summed E-state index contributed by atoms with van der Waals surface area (Å²) in [7, 11) is 0. The van der Waals surface area contributed by atoms with Gasteiger partial charge in [0.05, 0.1) is 6.04 Å². The molecule has 0 fully saturated rings. The molecule has 0 saturated carbocycles. The summed E-state index contributed by atoms with van der Waals surface area (Å²) in [6, 6.07) is 9.31. The summed E-state index contributed by atoms with van der Waals surface area (Å²) in [4.78, 5) is 28.9. The van der Waals surface area contributed by atoms with E-state index in [2.05, 4.69) is 15.8 Å². The van der Waals surface area contributed by atoms with E-state index in [0.717, 1.165) is 12.0 Å². The normalized spacial score (nSPS) is 13.0. The van der Waals surface area contributed by atoms with Crippen LogP contribution in [0.5, 0.6) is 0 Å². The minimum absolute atomic E-state index is 0.0849. The van der Waals surface area contributed by atoms with Crippen molar-refractivity contribution in [1.29, 1.82) is 0 Å². The summed E-state index contributed by atoms with van der Waals surface area (Å²) in [6.45, 7) is 9.58. The molecule has 8 heteroatoms. The molecule has 1 rings (SSSR count). The van der Waals surface area contributed by atoms with Crippen LogP contribution in [0.15, 0.2) is 35.5 Å². The second kappa shape index (κ2) is 11.9. The van der Waals surface area contributed by atoms with Crippen LogP contribution in [-0.2, 0) is 20.8 Å². The first-order valence-corrected chi connectivity index (χ1v) is 9.82. The Kier molecular flexibility index (Phi) is 9.99. The highest BCUT2D eigenvalue weighted by molar-refractivity contribution is 5.88. The number of rotatable bonds is 10. The molecule has 1 unspecified atom stereocenters. The lowest BCUT2D eigenvalue weighted by Crippen LogP contribution is -2.47. The first kappa shape index (κ1) is 24.3. The maximum atomic E-state index is 12.0. The average Bonchev–Trinajstić information content (AvgIpc) is 2.60. The van der Waals surface area contributed by atoms with Gasteiger partial charge in [0, 0.05) is 6.54 Å². The van der Waals surface area contributed by atoms with Crippen LogP contribution in [0.3, 0.4) is 0 Å². The molecule has 1 aromatic rings. The molecular weight excluding hydrogens is 372 g/mol. The summed E-state index contributed by atoms with van der Waals surface area (Å²) in [5, 5.41) is 9.25. The van der Waals surface area contributed by atoms with Gasteiger partial charge >= 0.3 is 6.09 Å². The predicted molar refractivity (Wildman–Crippen MR) is 113 cm³/mol. The summed E-state index contributed by atoms with van der Waals surface area (Å²) in [5.74, 6) is 0.0459. The number of nitrogens with one attached hydrogen (secondary N) is 2. The molecule has 0 heterocycles. The Bertz CT molecular complexity index is 669. The highest BCUT2D eigenvalue weighted by Gasteiger charge is 2.23. The van der Waals surface area contributed by atoms with Crippen molar-refractivity contribution in [3.8, 4) is 0 Å². The van der Waals surface area contributed by atoms with Crippen molar-refractivity contribution in [2.24, 2.45) is 16.8 Å². The van der Waals surface area contributed by atoms with E-state index in [1.807, 2.05) is 44.2 Å². The fourth-order valence-electron chi connectivity index (χ4n) is 2.45. The van der Waals surface area contributed by atoms with Crippen molar-refractivity contribution < 1.29 is 19.2 Å². The molecule has 0 spiro atoms. The predicted octanol–water partition coefficient (Wildman–Crippen LogP) is 2.57. The van der Waals surface area contributed by atoms with Crippen LogP contribution in [-0.4, -0.2) is 42.6 Å². The van der Waals surface area contributed by atoms with Crippen molar-refractivity contribution in [1.82, 2.24) is 10.6 Å². The van der Waals surface area contributed by atoms with Crippen LogP contribution in [0, 0.1) is 5.92 Å². The zero-order chi connectivity index (χ0) is 21.9. The maximum absolute atomic E-state index is 12.0. The molecule has 0 saturated heterocycles. The minimum Gasteiger partial charge on any atom is -0.444 e. The number of amides is 2. The zero-order valence-electron chi connectivity index (χ0n) is 18.0. The van der Waals surface area contributed by atoms with Crippen LogP contribution in [0.1, 0.15) is 46.6 Å². The molecule has 162 valence electrons. The topological polar surface area (TPSA) is 115 Å². The van der Waals surface area contributed by atoms with E-state index >= 15 is 0 Å². The SMILES string of the molecule is CC(C)CC(NC(=O)OC(C)(C)C)/C(N)=N/OCC(=O)NCCc1ccccc1. The van der Waals surface area contributed by atoms with Gasteiger partial charge in [0.25, 0.3) is 5.91 Å². The highest BCUT2D eigenvalue weighted by Crippen LogP contribution is 2.09. The number of carbonyl (C=O) groups excluding carboxylic acids is 2. The molecule has 0 aromatic heterocycles. The van der Waals surface area contributed by atoms with E-state index in [0.29, 0.717) is 13.0 Å². The molecule has 29 heavy (non-hydrogen) atoms. The Morgan fingerprint density at radius 2 is 1.83 bits per heavy atom. The van der Waals surface area contributed by atoms with E-state index in [1.165, 1.54) is 0 Å². The fourth-order valence-corrected chi connectivity index (χ4v) is 2.45. The second-order valence-electron chi connectivity index (χ2n) is 8.20. The molecule has 2 amide bonds. The Balaban J connectivity index is 2.46. The van der Waals surface area contributed by atoms with Crippen molar-refractivity contribution in [2.75, 3.05) is 13.2 Å². The van der Waals surface area contributed by atoms with Crippen LogP contribution >= 0.6 is 0 Å². The number of hydrogen-bond acceptors (Lipinski definition) is 5. The summed E-state index contributed by atoms with van der Waals surface area (Å²) < 4.78 is 5.26. The third-order valence-electron chi connectivity index (χ3n) is 3.70. The van der Waals surface area contributed by atoms with Crippen LogP contribution in [0.2, 0.25) is 0 Å². The van der Waals surface area contributed by atoms with Crippen LogP contribution < -0.4 is 16.4 Å². The van der Waals surface area contributed by atoms with Gasteiger partial charge in [-0.2, -0.15) is 0 Å². The monoisotopic (exact) mass is 406 g/mol. The largest absolute Gasteiger partial charge is 0.444 e. The molecule has 8 nitrogen and oxygen atoms in total. The van der Waals surface area contributed by atoms with Gasteiger partial charge in [-0.05, 0) is 45.1 Å². The van der Waals surface area contributed by atoms with E-state index in [4.69, 9.17) is 15.3 Å². The van der Waals surface area contributed by atoms with Gasteiger partial charge in [-0.3, -0.25) is 4.79 Å². The Morgan fingerprint density at radius 3 is 2.41 bits per heavy atom. The third kappa shape index (κ3) is 11.6. The molecule has 1 aromatic carbocycles. The van der Waals surface area contributed by atoms with Gasteiger partial charge in [0.1, 0.15) is 5.60 Å². The summed E-state index contributed by atoms with van der Waals surface area (Å²) in [6.07, 6.45) is 0.704. The van der Waals surface area contributed by atoms with Gasteiger partial charge in [0.2, 0.25) is 0 Å². The summed E-state index contributed by atoms with van der Waals surface area (Å²) >= 11 is 0. The smallest absolute Gasteiger partial charge is 0.408 e. The molecule has 0 radical (unpaired) electrons. The summed E-state index contributed by atoms with van der Waals surface area (Å²) in [5.41, 5.74) is 6.48. The average molecular weight is 407 g/mol. The van der Waals surface area contributed by atoms with E-state index in [-0.39, 0.29) is 24.3 Å². The maximum Gasteiger partial charge on any atom is 0.408 e. The van der Waals surface area contributed by atoms with E-state index in [9.17, 15) is 9.59 Å². The van der Waals surface area contributed by atoms with Gasteiger partial charge < -0.3 is 25.9 Å². The Labute approximate surface area is 173 Å².